The molecule has 0 aliphatic carbocycles. The number of benzene rings is 1. The largest absolute Gasteiger partial charge is 0.385 e. The van der Waals surface area contributed by atoms with Crippen molar-refractivity contribution in [3.05, 3.63) is 42.1 Å². The van der Waals surface area contributed by atoms with Gasteiger partial charge >= 0.3 is 0 Å². The second kappa shape index (κ2) is 9.05. The highest BCUT2D eigenvalue weighted by molar-refractivity contribution is 5.40. The molecule has 1 aromatic carbocycles. The van der Waals surface area contributed by atoms with Gasteiger partial charge in [0.05, 0.1) is 6.20 Å². The molecule has 0 amide bonds. The van der Waals surface area contributed by atoms with Gasteiger partial charge in [0.15, 0.2) is 5.82 Å². The Labute approximate surface area is 137 Å². The van der Waals surface area contributed by atoms with Gasteiger partial charge in [-0.25, -0.2) is 0 Å². The smallest absolute Gasteiger partial charge is 0.247 e. The Morgan fingerprint density at radius 3 is 2.70 bits per heavy atom. The maximum Gasteiger partial charge on any atom is 0.247 e. The van der Waals surface area contributed by atoms with Crippen LogP contribution < -0.4 is 10.2 Å². The van der Waals surface area contributed by atoms with E-state index in [0.717, 1.165) is 31.9 Å². The zero-order chi connectivity index (χ0) is 16.5. The molecule has 0 saturated carbocycles. The molecule has 0 radical (unpaired) electrons. The van der Waals surface area contributed by atoms with Gasteiger partial charge in [-0.2, -0.15) is 10.1 Å². The number of rotatable bonds is 9. The summed E-state index contributed by atoms with van der Waals surface area (Å²) < 4.78 is 5.04. The molecule has 6 heteroatoms. The van der Waals surface area contributed by atoms with Crippen molar-refractivity contribution in [2.75, 3.05) is 30.5 Å². The van der Waals surface area contributed by atoms with Crippen LogP contribution in [0.5, 0.6) is 0 Å². The van der Waals surface area contributed by atoms with Gasteiger partial charge in [-0.05, 0) is 25.8 Å². The molecule has 6 nitrogen and oxygen atoms in total. The first-order valence-electron chi connectivity index (χ1n) is 7.94. The van der Waals surface area contributed by atoms with Crippen LogP contribution >= 0.6 is 0 Å². The first kappa shape index (κ1) is 17.1. The highest BCUT2D eigenvalue weighted by Gasteiger charge is 2.15. The van der Waals surface area contributed by atoms with E-state index in [1.54, 1.807) is 13.3 Å². The summed E-state index contributed by atoms with van der Waals surface area (Å²) in [5.74, 6) is 1.38. The average Bonchev–Trinajstić information content (AvgIpc) is 2.57. The van der Waals surface area contributed by atoms with E-state index in [2.05, 4.69) is 51.4 Å². The van der Waals surface area contributed by atoms with Gasteiger partial charge < -0.3 is 15.0 Å². The van der Waals surface area contributed by atoms with Crippen LogP contribution in [0.3, 0.4) is 0 Å². The normalized spacial score (nSPS) is 10.8. The Morgan fingerprint density at radius 2 is 2.00 bits per heavy atom. The monoisotopic (exact) mass is 315 g/mol. The molecule has 1 aromatic heterocycles. The highest BCUT2D eigenvalue weighted by Crippen LogP contribution is 2.16. The zero-order valence-corrected chi connectivity index (χ0v) is 14.1. The van der Waals surface area contributed by atoms with E-state index in [-0.39, 0.29) is 6.04 Å². The van der Waals surface area contributed by atoms with Crippen LogP contribution in [-0.4, -0.2) is 41.5 Å². The van der Waals surface area contributed by atoms with Gasteiger partial charge in [-0.15, -0.1) is 5.10 Å². The molecule has 0 aliphatic heterocycles. The molecule has 23 heavy (non-hydrogen) atoms. The minimum Gasteiger partial charge on any atom is -0.385 e. The van der Waals surface area contributed by atoms with Gasteiger partial charge in [-0.1, -0.05) is 30.3 Å². The summed E-state index contributed by atoms with van der Waals surface area (Å²) in [6, 6.07) is 10.6. The number of nitrogens with zero attached hydrogens (tertiary/aromatic N) is 4. The molecule has 0 aliphatic rings. The quantitative estimate of drug-likeness (QED) is 0.718. The SMILES string of the molecule is COCCCNc1cnnc(N(Cc2ccccc2)C(C)C)n1. The van der Waals surface area contributed by atoms with Crippen molar-refractivity contribution in [1.29, 1.82) is 0 Å². The number of anilines is 2. The number of nitrogens with one attached hydrogen (secondary N) is 1. The third kappa shape index (κ3) is 5.49. The van der Waals surface area contributed by atoms with E-state index in [4.69, 9.17) is 4.74 Å². The standard InChI is InChI=1S/C17H25N5O/c1-14(2)22(13-15-8-5-4-6-9-15)17-20-16(12-19-21-17)18-10-7-11-23-3/h4-6,8-9,12,14H,7,10-11,13H2,1-3H3,(H,18,20,21). The molecule has 1 heterocycles. The first-order chi connectivity index (χ1) is 11.2. The fourth-order valence-electron chi connectivity index (χ4n) is 2.20. The first-order valence-corrected chi connectivity index (χ1v) is 7.94. The van der Waals surface area contributed by atoms with Crippen LogP contribution in [0.1, 0.15) is 25.8 Å². The molecule has 0 atom stereocenters. The number of aromatic nitrogens is 3. The lowest BCUT2D eigenvalue weighted by Gasteiger charge is -2.26. The van der Waals surface area contributed by atoms with Crippen molar-refractivity contribution in [1.82, 2.24) is 15.2 Å². The Hall–Kier alpha value is -2.21. The maximum absolute atomic E-state index is 5.04. The average molecular weight is 315 g/mol. The third-order valence-corrected chi connectivity index (χ3v) is 3.45. The van der Waals surface area contributed by atoms with E-state index in [1.165, 1.54) is 5.56 Å². The molecule has 124 valence electrons. The summed E-state index contributed by atoms with van der Waals surface area (Å²) in [4.78, 5) is 6.73. The Balaban J connectivity index is 2.06. The lowest BCUT2D eigenvalue weighted by Crippen LogP contribution is -2.32. The fraction of sp³-hybridized carbons (Fsp3) is 0.471. The van der Waals surface area contributed by atoms with Crippen molar-refractivity contribution in [3.63, 3.8) is 0 Å². The predicted octanol–water partition coefficient (Wildman–Crippen LogP) is 2.74. The summed E-state index contributed by atoms with van der Waals surface area (Å²) >= 11 is 0. The minimum absolute atomic E-state index is 0.278. The van der Waals surface area contributed by atoms with Crippen LogP contribution in [0.25, 0.3) is 0 Å². The second-order valence-electron chi connectivity index (χ2n) is 5.62. The number of ether oxygens (including phenoxy) is 1. The van der Waals surface area contributed by atoms with Gasteiger partial charge in [-0.3, -0.25) is 0 Å². The van der Waals surface area contributed by atoms with Crippen LogP contribution in [0, 0.1) is 0 Å². The van der Waals surface area contributed by atoms with Crippen LogP contribution in [-0.2, 0) is 11.3 Å². The van der Waals surface area contributed by atoms with Crippen molar-refractivity contribution in [2.24, 2.45) is 0 Å². The fourth-order valence-corrected chi connectivity index (χ4v) is 2.20. The summed E-state index contributed by atoms with van der Waals surface area (Å²) in [5.41, 5.74) is 1.23. The minimum atomic E-state index is 0.278. The Bertz CT molecular complexity index is 576. The summed E-state index contributed by atoms with van der Waals surface area (Å²) in [6.07, 6.45) is 2.57. The third-order valence-electron chi connectivity index (χ3n) is 3.45. The summed E-state index contributed by atoms with van der Waals surface area (Å²) in [6.45, 7) is 6.54. The molecule has 0 spiro atoms. The molecular formula is C17H25N5O. The molecule has 0 fully saturated rings. The lowest BCUT2D eigenvalue weighted by molar-refractivity contribution is 0.197. The highest BCUT2D eigenvalue weighted by atomic mass is 16.5. The molecule has 1 N–H and O–H groups in total. The van der Waals surface area contributed by atoms with Gasteiger partial charge in [0.25, 0.3) is 0 Å². The molecule has 2 aromatic rings. The van der Waals surface area contributed by atoms with Crippen LogP contribution in [0.15, 0.2) is 36.5 Å². The molecular weight excluding hydrogens is 290 g/mol. The number of methoxy groups -OCH3 is 1. The Kier molecular flexibility index (Phi) is 6.75. The summed E-state index contributed by atoms with van der Waals surface area (Å²) in [7, 11) is 1.70. The zero-order valence-electron chi connectivity index (χ0n) is 14.1. The topological polar surface area (TPSA) is 63.2 Å². The maximum atomic E-state index is 5.04. The van der Waals surface area contributed by atoms with E-state index in [1.807, 2.05) is 18.2 Å². The summed E-state index contributed by atoms with van der Waals surface area (Å²) in [5, 5.41) is 11.5. The second-order valence-corrected chi connectivity index (χ2v) is 5.62. The van der Waals surface area contributed by atoms with Crippen molar-refractivity contribution < 1.29 is 4.74 Å². The van der Waals surface area contributed by atoms with Gasteiger partial charge in [0, 0.05) is 32.8 Å². The van der Waals surface area contributed by atoms with Gasteiger partial charge in [0.1, 0.15) is 0 Å². The molecule has 2 rings (SSSR count). The molecule has 0 unspecified atom stereocenters. The predicted molar refractivity (Wildman–Crippen MR) is 92.6 cm³/mol. The van der Waals surface area contributed by atoms with E-state index in [9.17, 15) is 0 Å². The van der Waals surface area contributed by atoms with Crippen molar-refractivity contribution >= 4 is 11.8 Å². The van der Waals surface area contributed by atoms with Crippen LogP contribution in [0.2, 0.25) is 0 Å². The lowest BCUT2D eigenvalue weighted by atomic mass is 10.2. The number of hydrogen-bond donors (Lipinski definition) is 1. The Morgan fingerprint density at radius 1 is 1.22 bits per heavy atom. The number of hydrogen-bond acceptors (Lipinski definition) is 6. The van der Waals surface area contributed by atoms with Crippen molar-refractivity contribution in [3.8, 4) is 0 Å². The van der Waals surface area contributed by atoms with E-state index in [0.29, 0.717) is 5.95 Å². The van der Waals surface area contributed by atoms with E-state index < -0.39 is 0 Å². The molecule has 0 saturated heterocycles. The van der Waals surface area contributed by atoms with Gasteiger partial charge in [0.2, 0.25) is 5.95 Å². The van der Waals surface area contributed by atoms with Crippen molar-refractivity contribution in [2.45, 2.75) is 32.9 Å². The van der Waals surface area contributed by atoms with Crippen LogP contribution in [0.4, 0.5) is 11.8 Å². The van der Waals surface area contributed by atoms with E-state index >= 15 is 0 Å². The molecule has 0 bridgehead atoms.